The van der Waals surface area contributed by atoms with Crippen LogP contribution in [0.3, 0.4) is 0 Å². The van der Waals surface area contributed by atoms with Crippen LogP contribution in [-0.2, 0) is 4.74 Å². The zero-order valence-electron chi connectivity index (χ0n) is 14.4. The van der Waals surface area contributed by atoms with Crippen LogP contribution in [0.25, 0.3) is 10.9 Å². The van der Waals surface area contributed by atoms with Gasteiger partial charge in [0.15, 0.2) is 0 Å². The lowest BCUT2D eigenvalue weighted by Gasteiger charge is -2.26. The molecule has 1 heterocycles. The van der Waals surface area contributed by atoms with Crippen LogP contribution in [0.1, 0.15) is 28.9 Å². The number of aromatic nitrogens is 1. The number of esters is 1. The normalized spacial score (nSPS) is 12.0. The van der Waals surface area contributed by atoms with E-state index in [2.05, 4.69) is 4.98 Å². The number of nitrogens with zero attached hydrogens (tertiary/aromatic N) is 1. The van der Waals surface area contributed by atoms with Crippen molar-refractivity contribution in [3.63, 3.8) is 0 Å². The number of H-pyrrole nitrogens is 1. The molecule has 0 saturated carbocycles. The van der Waals surface area contributed by atoms with E-state index < -0.39 is 5.97 Å². The second-order valence-electron chi connectivity index (χ2n) is 5.97. The van der Waals surface area contributed by atoms with Crippen LogP contribution in [0, 0.1) is 0 Å². The molecule has 0 aliphatic heterocycles. The van der Waals surface area contributed by atoms with E-state index in [4.69, 9.17) is 4.74 Å². The Morgan fingerprint density at radius 2 is 1.84 bits per heavy atom. The van der Waals surface area contributed by atoms with Gasteiger partial charge in [0.2, 0.25) is 0 Å². The van der Waals surface area contributed by atoms with Crippen LogP contribution >= 0.6 is 0 Å². The van der Waals surface area contributed by atoms with Gasteiger partial charge in [0, 0.05) is 18.0 Å². The summed E-state index contributed by atoms with van der Waals surface area (Å²) in [6.45, 7) is 2.05. The molecule has 25 heavy (non-hydrogen) atoms. The smallest absolute Gasteiger partial charge is 0.337 e. The van der Waals surface area contributed by atoms with E-state index in [1.54, 1.807) is 24.3 Å². The van der Waals surface area contributed by atoms with E-state index in [1.165, 1.54) is 7.11 Å². The van der Waals surface area contributed by atoms with Crippen molar-refractivity contribution in [2.24, 2.45) is 0 Å². The van der Waals surface area contributed by atoms with Crippen LogP contribution in [0.15, 0.2) is 59.4 Å². The van der Waals surface area contributed by atoms with Gasteiger partial charge < -0.3 is 14.6 Å². The van der Waals surface area contributed by atoms with Crippen LogP contribution in [0.4, 0.5) is 5.69 Å². The summed E-state index contributed by atoms with van der Waals surface area (Å²) >= 11 is 0. The molecule has 0 unspecified atom stereocenters. The number of hydrogen-bond acceptors (Lipinski definition) is 4. The molecule has 0 radical (unpaired) electrons. The fraction of sp³-hybridized carbons (Fsp3) is 0.200. The molecule has 5 heteroatoms. The minimum absolute atomic E-state index is 0.0311. The number of carbonyl (C=O) groups excluding carboxylic acids is 1. The van der Waals surface area contributed by atoms with E-state index in [1.807, 2.05) is 49.2 Å². The number of pyridine rings is 1. The molecule has 0 bridgehead atoms. The Morgan fingerprint density at radius 1 is 1.12 bits per heavy atom. The molecule has 2 aromatic carbocycles. The van der Waals surface area contributed by atoms with Gasteiger partial charge in [-0.15, -0.1) is 0 Å². The number of hydrogen-bond donors (Lipinski definition) is 1. The molecule has 3 rings (SSSR count). The number of rotatable bonds is 4. The maximum atomic E-state index is 12.5. The molecule has 128 valence electrons. The van der Waals surface area contributed by atoms with Gasteiger partial charge in [0.25, 0.3) is 5.56 Å². The lowest BCUT2D eigenvalue weighted by Crippen LogP contribution is -2.27. The van der Waals surface area contributed by atoms with E-state index in [0.29, 0.717) is 16.8 Å². The number of fused-ring (bicyclic) bond motifs is 1. The van der Waals surface area contributed by atoms with Gasteiger partial charge in [-0.2, -0.15) is 0 Å². The number of methoxy groups -OCH3 is 1. The van der Waals surface area contributed by atoms with Gasteiger partial charge in [0.1, 0.15) is 5.69 Å². The SMILES string of the molecule is COC(=O)c1ccc2[nH]c(=O)c(N(C)[C@@H](C)c3ccccc3)cc2c1. The quantitative estimate of drug-likeness (QED) is 0.741. The summed E-state index contributed by atoms with van der Waals surface area (Å²) in [5.41, 5.74) is 2.64. The molecule has 5 nitrogen and oxygen atoms in total. The second kappa shape index (κ2) is 6.81. The average Bonchev–Trinajstić information content (AvgIpc) is 2.66. The van der Waals surface area contributed by atoms with E-state index in [9.17, 15) is 9.59 Å². The third kappa shape index (κ3) is 3.26. The summed E-state index contributed by atoms with van der Waals surface area (Å²) < 4.78 is 4.76. The minimum Gasteiger partial charge on any atom is -0.465 e. The zero-order chi connectivity index (χ0) is 18.0. The number of aromatic amines is 1. The number of benzene rings is 2. The first-order chi connectivity index (χ1) is 12.0. The Morgan fingerprint density at radius 3 is 2.52 bits per heavy atom. The lowest BCUT2D eigenvalue weighted by molar-refractivity contribution is 0.0601. The highest BCUT2D eigenvalue weighted by molar-refractivity contribution is 5.95. The molecule has 1 N–H and O–H groups in total. The lowest BCUT2D eigenvalue weighted by atomic mass is 10.1. The number of anilines is 1. The van der Waals surface area contributed by atoms with E-state index >= 15 is 0 Å². The van der Waals surface area contributed by atoms with Crippen molar-refractivity contribution in [1.29, 1.82) is 0 Å². The number of nitrogens with one attached hydrogen (secondary N) is 1. The summed E-state index contributed by atoms with van der Waals surface area (Å²) in [5.74, 6) is -0.402. The third-order valence-corrected chi connectivity index (χ3v) is 4.49. The highest BCUT2D eigenvalue weighted by Gasteiger charge is 2.16. The Balaban J connectivity index is 2.04. The second-order valence-corrected chi connectivity index (χ2v) is 5.97. The molecule has 0 amide bonds. The van der Waals surface area contributed by atoms with E-state index in [-0.39, 0.29) is 11.6 Å². The van der Waals surface area contributed by atoms with Crippen molar-refractivity contribution >= 4 is 22.6 Å². The first kappa shape index (κ1) is 16.8. The van der Waals surface area contributed by atoms with Gasteiger partial charge >= 0.3 is 5.97 Å². The summed E-state index contributed by atoms with van der Waals surface area (Å²) in [6.07, 6.45) is 0. The van der Waals surface area contributed by atoms with Crippen LogP contribution in [0.5, 0.6) is 0 Å². The van der Waals surface area contributed by atoms with Gasteiger partial charge in [-0.25, -0.2) is 4.79 Å². The summed E-state index contributed by atoms with van der Waals surface area (Å²) in [7, 11) is 3.23. The monoisotopic (exact) mass is 336 g/mol. The third-order valence-electron chi connectivity index (χ3n) is 4.49. The molecule has 0 aliphatic rings. The number of carbonyl (C=O) groups is 1. The van der Waals surface area contributed by atoms with E-state index in [0.717, 1.165) is 10.9 Å². The fourth-order valence-corrected chi connectivity index (χ4v) is 2.87. The molecular formula is C20H20N2O3. The number of ether oxygens (including phenoxy) is 1. The Hall–Kier alpha value is -3.08. The maximum Gasteiger partial charge on any atom is 0.337 e. The van der Waals surface area contributed by atoms with Crippen molar-refractivity contribution in [2.45, 2.75) is 13.0 Å². The predicted molar refractivity (Wildman–Crippen MR) is 99.2 cm³/mol. The molecule has 0 aliphatic carbocycles. The highest BCUT2D eigenvalue weighted by atomic mass is 16.5. The Kier molecular flexibility index (Phi) is 4.57. The van der Waals surface area contributed by atoms with Crippen LogP contribution in [-0.4, -0.2) is 25.1 Å². The van der Waals surface area contributed by atoms with Crippen LogP contribution < -0.4 is 10.5 Å². The first-order valence-electron chi connectivity index (χ1n) is 8.04. The molecule has 0 spiro atoms. The minimum atomic E-state index is -0.402. The van der Waals surface area contributed by atoms with Crippen LogP contribution in [0.2, 0.25) is 0 Å². The molecule has 1 atom stereocenters. The van der Waals surface area contributed by atoms with Gasteiger partial charge in [-0.1, -0.05) is 30.3 Å². The van der Waals surface area contributed by atoms with Crippen molar-refractivity contribution < 1.29 is 9.53 Å². The Bertz CT molecular complexity index is 964. The molecule has 3 aromatic rings. The maximum absolute atomic E-state index is 12.5. The summed E-state index contributed by atoms with van der Waals surface area (Å²) in [6, 6.07) is 16.9. The predicted octanol–water partition coefficient (Wildman–Crippen LogP) is 3.51. The zero-order valence-corrected chi connectivity index (χ0v) is 14.4. The fourth-order valence-electron chi connectivity index (χ4n) is 2.87. The summed E-state index contributed by atoms with van der Waals surface area (Å²) in [4.78, 5) is 29.0. The van der Waals surface area contributed by atoms with Gasteiger partial charge in [0.05, 0.1) is 18.7 Å². The largest absolute Gasteiger partial charge is 0.465 e. The summed E-state index contributed by atoms with van der Waals surface area (Å²) in [5, 5.41) is 0.782. The van der Waals surface area contributed by atoms with Crippen molar-refractivity contribution in [2.75, 3.05) is 19.1 Å². The first-order valence-corrected chi connectivity index (χ1v) is 8.04. The van der Waals surface area contributed by atoms with Gasteiger partial charge in [-0.05, 0) is 36.8 Å². The molecular weight excluding hydrogens is 316 g/mol. The average molecular weight is 336 g/mol. The topological polar surface area (TPSA) is 62.4 Å². The molecule has 1 aromatic heterocycles. The standard InChI is InChI=1S/C20H20N2O3/c1-13(14-7-5-4-6-8-14)22(2)18-12-16-11-15(20(24)25-3)9-10-17(16)21-19(18)23/h4-13H,1-3H3,(H,21,23)/t13-/m0/s1. The van der Waals surface area contributed by atoms with Gasteiger partial charge in [-0.3, -0.25) is 4.79 Å². The van der Waals surface area contributed by atoms with Crippen molar-refractivity contribution in [1.82, 2.24) is 4.98 Å². The highest BCUT2D eigenvalue weighted by Crippen LogP contribution is 2.25. The van der Waals surface area contributed by atoms with Crippen molar-refractivity contribution in [3.05, 3.63) is 76.1 Å². The molecule has 0 saturated heterocycles. The molecule has 0 fully saturated rings. The van der Waals surface area contributed by atoms with Crippen molar-refractivity contribution in [3.8, 4) is 0 Å². The Labute approximate surface area is 145 Å².